The predicted molar refractivity (Wildman–Crippen MR) is 82.9 cm³/mol. The Bertz CT molecular complexity index is 799. The largest absolute Gasteiger partial charge is 0.443 e. The van der Waals surface area contributed by atoms with Crippen molar-refractivity contribution >= 4 is 11.5 Å². The third-order valence-electron chi connectivity index (χ3n) is 4.33. The van der Waals surface area contributed by atoms with Crippen LogP contribution >= 0.6 is 0 Å². The summed E-state index contributed by atoms with van der Waals surface area (Å²) in [5.74, 6) is 0.856. The molecule has 2 N–H and O–H groups in total. The summed E-state index contributed by atoms with van der Waals surface area (Å²) in [6.45, 7) is 2.35. The Balaban J connectivity index is 1.77. The number of aromatic nitrogens is 2. The number of halogens is 1. The highest BCUT2D eigenvalue weighted by molar-refractivity contribution is 5.90. The number of alkyl halides is 1. The Morgan fingerprint density at radius 3 is 3.00 bits per heavy atom. The number of nitrogens with zero attached hydrogens (tertiary/aromatic N) is 4. The van der Waals surface area contributed by atoms with Crippen molar-refractivity contribution in [3.05, 3.63) is 53.6 Å². The van der Waals surface area contributed by atoms with E-state index < -0.39 is 6.17 Å². The molecule has 2 aromatic heterocycles. The molecule has 1 aliphatic carbocycles. The minimum atomic E-state index is -1.01. The average Bonchev–Trinajstić information content (AvgIpc) is 3.18. The van der Waals surface area contributed by atoms with E-state index in [4.69, 9.17) is 10.2 Å². The number of fused-ring (bicyclic) bond motifs is 1. The van der Waals surface area contributed by atoms with Gasteiger partial charge in [-0.25, -0.2) is 14.4 Å². The van der Waals surface area contributed by atoms with Crippen LogP contribution in [0.2, 0.25) is 0 Å². The molecular formula is C16H16FN5O. The number of amidine groups is 1. The first kappa shape index (κ1) is 13.9. The first-order valence-corrected chi connectivity index (χ1v) is 7.44. The van der Waals surface area contributed by atoms with E-state index >= 15 is 0 Å². The summed E-state index contributed by atoms with van der Waals surface area (Å²) >= 11 is 0. The lowest BCUT2D eigenvalue weighted by atomic mass is 10.1. The SMILES string of the molecule is CC1=C(c2ncco2)N=C(N)CN1[C@H]1C[C@H](F)c2cccnc21. The van der Waals surface area contributed by atoms with Crippen LogP contribution < -0.4 is 5.73 Å². The summed E-state index contributed by atoms with van der Waals surface area (Å²) < 4.78 is 19.7. The molecule has 0 amide bonds. The number of hydrogen-bond acceptors (Lipinski definition) is 6. The second-order valence-corrected chi connectivity index (χ2v) is 5.70. The van der Waals surface area contributed by atoms with Gasteiger partial charge in [-0.05, 0) is 13.0 Å². The van der Waals surface area contributed by atoms with Gasteiger partial charge < -0.3 is 15.1 Å². The van der Waals surface area contributed by atoms with Crippen LogP contribution in [0, 0.1) is 0 Å². The molecule has 1 aliphatic heterocycles. The zero-order valence-electron chi connectivity index (χ0n) is 12.6. The Hall–Kier alpha value is -2.70. The summed E-state index contributed by atoms with van der Waals surface area (Å²) in [6, 6.07) is 3.39. The van der Waals surface area contributed by atoms with Crippen molar-refractivity contribution in [3.63, 3.8) is 0 Å². The van der Waals surface area contributed by atoms with E-state index in [2.05, 4.69) is 15.0 Å². The van der Waals surface area contributed by atoms with Crippen molar-refractivity contribution in [3.8, 4) is 0 Å². The predicted octanol–water partition coefficient (Wildman–Crippen LogP) is 2.59. The van der Waals surface area contributed by atoms with E-state index in [0.717, 1.165) is 11.4 Å². The molecule has 0 saturated heterocycles. The molecule has 0 aromatic carbocycles. The molecule has 118 valence electrons. The zero-order valence-corrected chi connectivity index (χ0v) is 12.6. The molecule has 7 heteroatoms. The number of allylic oxidation sites excluding steroid dienone is 1. The van der Waals surface area contributed by atoms with Crippen molar-refractivity contribution in [1.29, 1.82) is 0 Å². The summed E-state index contributed by atoms with van der Waals surface area (Å²) in [6.07, 6.45) is 4.09. The van der Waals surface area contributed by atoms with Crippen molar-refractivity contribution in [2.75, 3.05) is 6.54 Å². The summed E-state index contributed by atoms with van der Waals surface area (Å²) in [7, 11) is 0. The maximum Gasteiger partial charge on any atom is 0.246 e. The van der Waals surface area contributed by atoms with Crippen LogP contribution in [-0.4, -0.2) is 27.2 Å². The first-order chi connectivity index (χ1) is 11.1. The van der Waals surface area contributed by atoms with Crippen LogP contribution in [0.25, 0.3) is 5.70 Å². The van der Waals surface area contributed by atoms with Gasteiger partial charge >= 0.3 is 0 Å². The molecule has 6 nitrogen and oxygen atoms in total. The molecule has 0 unspecified atom stereocenters. The van der Waals surface area contributed by atoms with E-state index in [1.165, 1.54) is 6.26 Å². The topological polar surface area (TPSA) is 80.5 Å². The van der Waals surface area contributed by atoms with Gasteiger partial charge in [-0.2, -0.15) is 0 Å². The number of nitrogens with two attached hydrogens (primary N) is 1. The van der Waals surface area contributed by atoms with Crippen LogP contribution in [0.5, 0.6) is 0 Å². The average molecular weight is 313 g/mol. The van der Waals surface area contributed by atoms with Gasteiger partial charge in [-0.15, -0.1) is 0 Å². The van der Waals surface area contributed by atoms with Crippen molar-refractivity contribution in [1.82, 2.24) is 14.9 Å². The standard InChI is InChI=1S/C16H16FN5O/c1-9-14(16-20-5-6-23-16)21-13(18)8-22(9)12-7-11(17)10-3-2-4-19-15(10)12/h2-6,11-12H,7-8H2,1H3,(H2,18,21)/t11-,12-/m0/s1. The molecule has 23 heavy (non-hydrogen) atoms. The van der Waals surface area contributed by atoms with Gasteiger partial charge in [0, 0.05) is 23.9 Å². The van der Waals surface area contributed by atoms with Gasteiger partial charge in [0.25, 0.3) is 0 Å². The number of pyridine rings is 1. The molecule has 0 spiro atoms. The number of hydrogen-bond donors (Lipinski definition) is 1. The lowest BCUT2D eigenvalue weighted by Gasteiger charge is -2.34. The normalized spacial score (nSPS) is 23.9. The van der Waals surface area contributed by atoms with E-state index in [1.54, 1.807) is 24.5 Å². The van der Waals surface area contributed by atoms with Crippen LogP contribution in [0.4, 0.5) is 4.39 Å². The van der Waals surface area contributed by atoms with Crippen molar-refractivity contribution in [2.24, 2.45) is 10.7 Å². The molecule has 0 radical (unpaired) electrons. The summed E-state index contributed by atoms with van der Waals surface area (Å²) in [5, 5.41) is 0. The van der Waals surface area contributed by atoms with E-state index in [9.17, 15) is 4.39 Å². The minimum absolute atomic E-state index is 0.166. The van der Waals surface area contributed by atoms with Gasteiger partial charge in [0.2, 0.25) is 5.89 Å². The lowest BCUT2D eigenvalue weighted by Crippen LogP contribution is -2.38. The third-order valence-corrected chi connectivity index (χ3v) is 4.33. The van der Waals surface area contributed by atoms with Gasteiger partial charge in [0.1, 0.15) is 24.0 Å². The Morgan fingerprint density at radius 2 is 2.22 bits per heavy atom. The van der Waals surface area contributed by atoms with Gasteiger partial charge in [-0.3, -0.25) is 4.98 Å². The summed E-state index contributed by atoms with van der Waals surface area (Å²) in [4.78, 5) is 14.9. The summed E-state index contributed by atoms with van der Waals surface area (Å²) in [5.41, 5.74) is 8.86. The van der Waals surface area contributed by atoms with Crippen molar-refractivity contribution in [2.45, 2.75) is 25.6 Å². The first-order valence-electron chi connectivity index (χ1n) is 7.44. The number of oxazole rings is 1. The maximum atomic E-state index is 14.3. The molecule has 2 atom stereocenters. The molecule has 0 saturated carbocycles. The lowest BCUT2D eigenvalue weighted by molar-refractivity contribution is 0.231. The molecule has 2 aromatic rings. The maximum absolute atomic E-state index is 14.3. The van der Waals surface area contributed by atoms with E-state index in [0.29, 0.717) is 36.0 Å². The molecule has 3 heterocycles. The van der Waals surface area contributed by atoms with Crippen LogP contribution in [0.1, 0.15) is 42.7 Å². The smallest absolute Gasteiger partial charge is 0.246 e. The highest BCUT2D eigenvalue weighted by atomic mass is 19.1. The zero-order chi connectivity index (χ0) is 16.0. The van der Waals surface area contributed by atoms with Crippen LogP contribution in [0.3, 0.4) is 0 Å². The Kier molecular flexibility index (Phi) is 3.14. The molecule has 0 bridgehead atoms. The van der Waals surface area contributed by atoms with Gasteiger partial charge in [0.05, 0.1) is 24.5 Å². The second kappa shape index (κ2) is 5.19. The van der Waals surface area contributed by atoms with E-state index in [1.807, 2.05) is 11.8 Å². The van der Waals surface area contributed by atoms with Crippen LogP contribution in [0.15, 0.2) is 45.9 Å². The minimum Gasteiger partial charge on any atom is -0.443 e. The highest BCUT2D eigenvalue weighted by Crippen LogP contribution is 2.45. The van der Waals surface area contributed by atoms with Gasteiger partial charge in [0.15, 0.2) is 0 Å². The number of rotatable bonds is 2. The fourth-order valence-electron chi connectivity index (χ4n) is 3.26. The third kappa shape index (κ3) is 2.19. The number of aliphatic imine (C=N–C) groups is 1. The highest BCUT2D eigenvalue weighted by Gasteiger charge is 2.38. The second-order valence-electron chi connectivity index (χ2n) is 5.70. The van der Waals surface area contributed by atoms with Gasteiger partial charge in [-0.1, -0.05) is 6.07 Å². The Labute approximate surface area is 132 Å². The fourth-order valence-corrected chi connectivity index (χ4v) is 3.26. The fraction of sp³-hybridized carbons (Fsp3) is 0.312. The van der Waals surface area contributed by atoms with Crippen molar-refractivity contribution < 1.29 is 8.81 Å². The molecule has 0 fully saturated rings. The monoisotopic (exact) mass is 313 g/mol. The Morgan fingerprint density at radius 1 is 1.35 bits per heavy atom. The molecular weight excluding hydrogens is 297 g/mol. The molecule has 4 rings (SSSR count). The quantitative estimate of drug-likeness (QED) is 0.921. The molecule has 2 aliphatic rings. The van der Waals surface area contributed by atoms with Crippen LogP contribution in [-0.2, 0) is 0 Å². The van der Waals surface area contributed by atoms with E-state index in [-0.39, 0.29) is 6.04 Å².